The van der Waals surface area contributed by atoms with E-state index < -0.39 is 0 Å². The maximum atomic E-state index is 10.0. The smallest absolute Gasteiger partial charge is 0.221 e. The van der Waals surface area contributed by atoms with Crippen LogP contribution in [0, 0.1) is 0 Å². The zero-order valence-corrected chi connectivity index (χ0v) is 7.13. The molecule has 0 aliphatic carbocycles. The first kappa shape index (κ1) is 8.73. The average Bonchev–Trinajstić information content (AvgIpc) is 1.61. The van der Waals surface area contributed by atoms with Crippen molar-refractivity contribution in [1.29, 1.82) is 0 Å². The average molecular weight is 220 g/mol. The fourth-order valence-corrected chi connectivity index (χ4v) is 0.670. The molecule has 0 aromatic carbocycles. The van der Waals surface area contributed by atoms with Gasteiger partial charge in [0.15, 0.2) is 0 Å². The Morgan fingerprint density at radius 3 is 2.38 bits per heavy atom. The molecule has 0 amide bonds. The maximum absolute atomic E-state index is 10.0. The van der Waals surface area contributed by atoms with E-state index in [-0.39, 0.29) is 9.53 Å². The van der Waals surface area contributed by atoms with Gasteiger partial charge in [0.25, 0.3) is 0 Å². The molecule has 1 nitrogen and oxygen atoms in total. The summed E-state index contributed by atoms with van der Waals surface area (Å²) in [5, 5.41) is -0.338. The second-order valence-corrected chi connectivity index (χ2v) is 3.87. The van der Waals surface area contributed by atoms with Crippen LogP contribution in [-0.2, 0) is 4.79 Å². The Bertz CT molecular complexity index is 84.1. The van der Waals surface area contributed by atoms with Crippen molar-refractivity contribution in [2.75, 3.05) is 0 Å². The number of carbonyl (C=O) groups is 1. The van der Waals surface area contributed by atoms with Gasteiger partial charge in [0.2, 0.25) is 5.24 Å². The third kappa shape index (κ3) is 6.73. The molecule has 0 saturated carbocycles. The summed E-state index contributed by atoms with van der Waals surface area (Å²) in [6.45, 7) is 0. The standard InChI is InChI=1S/C4H5BrCl2O/c5-3(6)1-2-4(7)8/h3H,1-2H2. The molecular weight excluding hydrogens is 215 g/mol. The minimum absolute atomic E-state index is 0.134. The Balaban J connectivity index is 3.05. The minimum Gasteiger partial charge on any atom is -0.281 e. The van der Waals surface area contributed by atoms with Crippen molar-refractivity contribution in [2.24, 2.45) is 0 Å². The van der Waals surface area contributed by atoms with E-state index in [1.54, 1.807) is 0 Å². The number of carbonyl (C=O) groups excluding carboxylic acids is 1. The lowest BCUT2D eigenvalue weighted by atomic mass is 10.4. The first-order valence-electron chi connectivity index (χ1n) is 2.09. The Kier molecular flexibility index (Phi) is 5.01. The van der Waals surface area contributed by atoms with E-state index in [0.717, 1.165) is 0 Å². The summed E-state index contributed by atoms with van der Waals surface area (Å²) in [7, 11) is 0. The largest absolute Gasteiger partial charge is 0.281 e. The van der Waals surface area contributed by atoms with Gasteiger partial charge in [-0.3, -0.25) is 4.79 Å². The third-order valence-electron chi connectivity index (χ3n) is 0.559. The fraction of sp³-hybridized carbons (Fsp3) is 0.750. The lowest BCUT2D eigenvalue weighted by Crippen LogP contribution is -1.90. The normalized spacial score (nSPS) is 13.4. The molecule has 8 heavy (non-hydrogen) atoms. The second kappa shape index (κ2) is 4.59. The number of rotatable bonds is 3. The van der Waals surface area contributed by atoms with Crippen LogP contribution >= 0.6 is 39.1 Å². The van der Waals surface area contributed by atoms with E-state index in [1.165, 1.54) is 0 Å². The Hall–Kier alpha value is 0.730. The van der Waals surface area contributed by atoms with Gasteiger partial charge in [-0.1, -0.05) is 15.9 Å². The van der Waals surface area contributed by atoms with Crippen LogP contribution in [0.4, 0.5) is 0 Å². The molecule has 0 aromatic rings. The highest BCUT2D eigenvalue weighted by Crippen LogP contribution is 2.12. The van der Waals surface area contributed by atoms with E-state index in [9.17, 15) is 4.79 Å². The minimum atomic E-state index is -0.338. The van der Waals surface area contributed by atoms with Crippen molar-refractivity contribution in [2.45, 2.75) is 17.1 Å². The van der Waals surface area contributed by atoms with Crippen molar-refractivity contribution in [1.82, 2.24) is 0 Å². The van der Waals surface area contributed by atoms with Gasteiger partial charge in [-0.15, -0.1) is 11.6 Å². The van der Waals surface area contributed by atoms with Gasteiger partial charge in [0.05, 0.1) is 4.29 Å². The summed E-state index contributed by atoms with van der Waals surface area (Å²) in [6, 6.07) is 0. The van der Waals surface area contributed by atoms with Crippen LogP contribution in [0.5, 0.6) is 0 Å². The number of alkyl halides is 2. The molecule has 0 N–H and O–H groups in total. The molecule has 0 spiro atoms. The zero-order valence-electron chi connectivity index (χ0n) is 4.03. The number of hydrogen-bond donors (Lipinski definition) is 0. The molecule has 48 valence electrons. The third-order valence-corrected chi connectivity index (χ3v) is 1.42. The summed E-state index contributed by atoms with van der Waals surface area (Å²) in [4.78, 5) is 10.0. The van der Waals surface area contributed by atoms with Crippen molar-refractivity contribution in [3.63, 3.8) is 0 Å². The summed E-state index contributed by atoms with van der Waals surface area (Å²) in [5.74, 6) is 0. The monoisotopic (exact) mass is 218 g/mol. The van der Waals surface area contributed by atoms with E-state index in [4.69, 9.17) is 23.2 Å². The Labute approximate surface area is 66.5 Å². The van der Waals surface area contributed by atoms with Gasteiger partial charge < -0.3 is 0 Å². The molecule has 0 aromatic heterocycles. The van der Waals surface area contributed by atoms with E-state index in [1.807, 2.05) is 0 Å². The molecule has 1 atom stereocenters. The van der Waals surface area contributed by atoms with Gasteiger partial charge in [-0.2, -0.15) is 0 Å². The topological polar surface area (TPSA) is 17.1 Å². The summed E-state index contributed by atoms with van der Waals surface area (Å²) in [5.41, 5.74) is 0. The van der Waals surface area contributed by atoms with Crippen molar-refractivity contribution in [3.05, 3.63) is 0 Å². The predicted octanol–water partition coefficient (Wildman–Crippen LogP) is 2.49. The van der Waals surface area contributed by atoms with E-state index >= 15 is 0 Å². The highest BCUT2D eigenvalue weighted by molar-refractivity contribution is 9.10. The van der Waals surface area contributed by atoms with Gasteiger partial charge >= 0.3 is 0 Å². The quantitative estimate of drug-likeness (QED) is 0.527. The van der Waals surface area contributed by atoms with Crippen LogP contribution in [-0.4, -0.2) is 9.53 Å². The lowest BCUT2D eigenvalue weighted by molar-refractivity contribution is -0.111. The first-order valence-corrected chi connectivity index (χ1v) is 3.82. The van der Waals surface area contributed by atoms with Gasteiger partial charge in [0, 0.05) is 6.42 Å². The Morgan fingerprint density at radius 2 is 2.25 bits per heavy atom. The molecule has 0 heterocycles. The van der Waals surface area contributed by atoms with E-state index in [0.29, 0.717) is 12.8 Å². The molecule has 0 rings (SSSR count). The zero-order chi connectivity index (χ0) is 6.57. The van der Waals surface area contributed by atoms with Crippen molar-refractivity contribution in [3.8, 4) is 0 Å². The molecule has 0 fully saturated rings. The molecule has 1 unspecified atom stereocenters. The van der Waals surface area contributed by atoms with Crippen molar-refractivity contribution >= 4 is 44.4 Å². The number of halogens is 3. The molecule has 0 aliphatic heterocycles. The molecule has 4 heteroatoms. The molecule has 0 aliphatic rings. The molecule has 0 radical (unpaired) electrons. The van der Waals surface area contributed by atoms with Crippen LogP contribution in [0.1, 0.15) is 12.8 Å². The van der Waals surface area contributed by atoms with Gasteiger partial charge in [0.1, 0.15) is 0 Å². The summed E-state index contributed by atoms with van der Waals surface area (Å²) >= 11 is 13.5. The fourth-order valence-electron chi connectivity index (χ4n) is 0.223. The first-order chi connectivity index (χ1) is 3.63. The highest BCUT2D eigenvalue weighted by atomic mass is 79.9. The van der Waals surface area contributed by atoms with Crippen LogP contribution in [0.2, 0.25) is 0 Å². The van der Waals surface area contributed by atoms with Crippen molar-refractivity contribution < 1.29 is 4.79 Å². The van der Waals surface area contributed by atoms with Crippen LogP contribution in [0.3, 0.4) is 0 Å². The summed E-state index contributed by atoms with van der Waals surface area (Å²) < 4.78 is -0.134. The van der Waals surface area contributed by atoms with Crippen LogP contribution in [0.25, 0.3) is 0 Å². The van der Waals surface area contributed by atoms with E-state index in [2.05, 4.69) is 15.9 Å². The second-order valence-electron chi connectivity index (χ2n) is 1.28. The predicted molar refractivity (Wildman–Crippen MR) is 38.7 cm³/mol. The van der Waals surface area contributed by atoms with Gasteiger partial charge in [-0.25, -0.2) is 0 Å². The SMILES string of the molecule is O=C(Cl)CCC(Cl)Br. The number of hydrogen-bond acceptors (Lipinski definition) is 1. The van der Waals surface area contributed by atoms with Gasteiger partial charge in [-0.05, 0) is 18.0 Å². The summed E-state index contributed by atoms with van der Waals surface area (Å²) in [6.07, 6.45) is 0.921. The van der Waals surface area contributed by atoms with Crippen LogP contribution < -0.4 is 0 Å². The van der Waals surface area contributed by atoms with Crippen LogP contribution in [0.15, 0.2) is 0 Å². The molecule has 0 saturated heterocycles. The maximum Gasteiger partial charge on any atom is 0.221 e. The molecular formula is C4H5BrCl2O. The Morgan fingerprint density at radius 1 is 1.75 bits per heavy atom. The lowest BCUT2D eigenvalue weighted by Gasteiger charge is -1.93. The molecule has 0 bridgehead atoms. The highest BCUT2D eigenvalue weighted by Gasteiger charge is 2.00.